The van der Waals surface area contributed by atoms with Crippen LogP contribution in [-0.2, 0) is 29.0 Å². The number of amides is 1. The quantitative estimate of drug-likeness (QED) is 0.549. The normalized spacial score (nSPS) is 20.3. The van der Waals surface area contributed by atoms with Crippen LogP contribution in [0, 0.1) is 6.57 Å². The van der Waals surface area contributed by atoms with Crippen molar-refractivity contribution in [1.82, 2.24) is 9.80 Å². The third kappa shape index (κ3) is 4.01. The summed E-state index contributed by atoms with van der Waals surface area (Å²) >= 11 is 0. The van der Waals surface area contributed by atoms with Gasteiger partial charge >= 0.3 is 5.97 Å². The van der Waals surface area contributed by atoms with Crippen molar-refractivity contribution in [2.45, 2.75) is 38.2 Å². The lowest BCUT2D eigenvalue weighted by Crippen LogP contribution is -2.50. The van der Waals surface area contributed by atoms with E-state index < -0.39 is 0 Å². The topological polar surface area (TPSA) is 54.2 Å². The highest BCUT2D eigenvalue weighted by atomic mass is 16.5. The van der Waals surface area contributed by atoms with Gasteiger partial charge in [-0.15, -0.1) is 0 Å². The molecule has 0 saturated carbocycles. The Kier molecular flexibility index (Phi) is 5.67. The Morgan fingerprint density at radius 1 is 1.16 bits per heavy atom. The maximum atomic E-state index is 12.8. The average molecular weight is 430 g/mol. The van der Waals surface area contributed by atoms with E-state index in [2.05, 4.69) is 15.8 Å². The zero-order valence-corrected chi connectivity index (χ0v) is 18.2. The van der Waals surface area contributed by atoms with Crippen LogP contribution < -0.4 is 0 Å². The fourth-order valence-electron chi connectivity index (χ4n) is 5.30. The van der Waals surface area contributed by atoms with E-state index in [0.717, 1.165) is 68.8 Å². The zero-order valence-electron chi connectivity index (χ0n) is 18.2. The van der Waals surface area contributed by atoms with Gasteiger partial charge in [-0.1, -0.05) is 35.9 Å². The fraction of sp³-hybridized carbons (Fsp3) is 0.423. The van der Waals surface area contributed by atoms with E-state index in [4.69, 9.17) is 11.3 Å². The van der Waals surface area contributed by atoms with Gasteiger partial charge in [0.05, 0.1) is 18.6 Å². The summed E-state index contributed by atoms with van der Waals surface area (Å²) < 4.78 is 5.05. The van der Waals surface area contributed by atoms with Gasteiger partial charge in [-0.25, -0.2) is 9.64 Å². The first kappa shape index (κ1) is 20.7. The maximum absolute atomic E-state index is 12.8. The van der Waals surface area contributed by atoms with E-state index in [1.165, 1.54) is 11.1 Å². The summed E-state index contributed by atoms with van der Waals surface area (Å²) in [6.45, 7) is 12.0. The van der Waals surface area contributed by atoms with Gasteiger partial charge in [0.15, 0.2) is 5.69 Å². The number of piperazine rings is 1. The van der Waals surface area contributed by atoms with Crippen molar-refractivity contribution in [3.05, 3.63) is 75.6 Å². The second-order valence-electron chi connectivity index (χ2n) is 8.97. The van der Waals surface area contributed by atoms with E-state index in [1.807, 2.05) is 29.2 Å². The minimum absolute atomic E-state index is 0.138. The minimum Gasteiger partial charge on any atom is -0.457 e. The summed E-state index contributed by atoms with van der Waals surface area (Å²) in [6.07, 6.45) is 3.67. The number of fused-ring (bicyclic) bond motifs is 2. The van der Waals surface area contributed by atoms with Gasteiger partial charge in [-0.3, -0.25) is 9.69 Å². The molecule has 0 radical (unpaired) electrons. The number of ether oxygens (including phenoxy) is 1. The first-order valence-corrected chi connectivity index (χ1v) is 11.4. The SMILES string of the molecule is [C-]#[N+]c1cccc2c1CCCC2CN1CCN(C(=O)Cc2ccc3c(c2)COC3=O)CC1. The van der Waals surface area contributed by atoms with Crippen molar-refractivity contribution >= 4 is 17.6 Å². The Hall–Kier alpha value is -3.17. The third-order valence-electron chi connectivity index (χ3n) is 7.03. The molecule has 2 heterocycles. The van der Waals surface area contributed by atoms with Gasteiger partial charge in [0.25, 0.3) is 0 Å². The summed E-state index contributed by atoms with van der Waals surface area (Å²) in [6, 6.07) is 11.7. The highest BCUT2D eigenvalue weighted by Crippen LogP contribution is 2.37. The van der Waals surface area contributed by atoms with Crippen molar-refractivity contribution in [3.63, 3.8) is 0 Å². The highest BCUT2D eigenvalue weighted by Gasteiger charge is 2.27. The number of esters is 1. The summed E-state index contributed by atoms with van der Waals surface area (Å²) in [7, 11) is 0. The van der Waals surface area contributed by atoms with Crippen LogP contribution in [0.4, 0.5) is 5.69 Å². The zero-order chi connectivity index (χ0) is 22.1. The molecule has 1 atom stereocenters. The largest absolute Gasteiger partial charge is 0.457 e. The monoisotopic (exact) mass is 429 g/mol. The molecule has 164 valence electrons. The van der Waals surface area contributed by atoms with Gasteiger partial charge in [0.2, 0.25) is 5.91 Å². The van der Waals surface area contributed by atoms with Crippen LogP contribution in [0.1, 0.15) is 51.4 Å². The number of nitrogens with zero attached hydrogens (tertiary/aromatic N) is 3. The van der Waals surface area contributed by atoms with E-state index in [9.17, 15) is 9.59 Å². The van der Waals surface area contributed by atoms with Crippen molar-refractivity contribution in [2.75, 3.05) is 32.7 Å². The Bertz CT molecular complexity index is 1100. The third-order valence-corrected chi connectivity index (χ3v) is 7.03. The van der Waals surface area contributed by atoms with Gasteiger partial charge in [-0.2, -0.15) is 0 Å². The average Bonchev–Trinajstić information content (AvgIpc) is 3.19. The molecular weight excluding hydrogens is 402 g/mol. The predicted octanol–water partition coefficient (Wildman–Crippen LogP) is 3.71. The molecule has 32 heavy (non-hydrogen) atoms. The van der Waals surface area contributed by atoms with Crippen LogP contribution in [0.25, 0.3) is 4.85 Å². The van der Waals surface area contributed by atoms with Gasteiger partial charge in [0, 0.05) is 38.3 Å². The molecule has 6 heteroatoms. The van der Waals surface area contributed by atoms with Crippen LogP contribution in [0.15, 0.2) is 36.4 Å². The molecule has 1 aliphatic carbocycles. The second kappa shape index (κ2) is 8.76. The molecule has 2 aromatic carbocycles. The molecule has 3 aliphatic rings. The second-order valence-corrected chi connectivity index (χ2v) is 8.97. The molecule has 0 N–H and O–H groups in total. The first-order valence-electron chi connectivity index (χ1n) is 11.4. The standard InChI is InChI=1S/C26H27N3O3/c1-27-24-7-3-5-21-19(4-2-6-23(21)24)16-28-10-12-29(13-11-28)25(30)15-18-8-9-22-20(14-18)17-32-26(22)31/h3,5,7-9,14,19H,2,4,6,10-13,15-17H2. The number of hydrogen-bond acceptors (Lipinski definition) is 4. The van der Waals surface area contributed by atoms with Crippen molar-refractivity contribution in [1.29, 1.82) is 0 Å². The van der Waals surface area contributed by atoms with Crippen LogP contribution in [-0.4, -0.2) is 54.4 Å². The Balaban J connectivity index is 1.16. The summed E-state index contributed by atoms with van der Waals surface area (Å²) in [5.41, 5.74) is 5.83. The minimum atomic E-state index is -0.278. The lowest BCUT2D eigenvalue weighted by Gasteiger charge is -2.38. The van der Waals surface area contributed by atoms with Gasteiger partial charge in [-0.05, 0) is 42.4 Å². The summed E-state index contributed by atoms with van der Waals surface area (Å²) in [4.78, 5) is 32.6. The molecule has 0 spiro atoms. The smallest absolute Gasteiger partial charge is 0.338 e. The van der Waals surface area contributed by atoms with Crippen LogP contribution in [0.2, 0.25) is 0 Å². The number of rotatable bonds is 4. The first-order chi connectivity index (χ1) is 15.6. The number of cyclic esters (lactones) is 1. The van der Waals surface area contributed by atoms with Crippen LogP contribution in [0.5, 0.6) is 0 Å². The molecule has 1 amide bonds. The Morgan fingerprint density at radius 2 is 2.00 bits per heavy atom. The van der Waals surface area contributed by atoms with E-state index in [-0.39, 0.29) is 11.9 Å². The summed E-state index contributed by atoms with van der Waals surface area (Å²) in [5, 5.41) is 0. The number of carbonyl (C=O) groups excluding carboxylic acids is 2. The van der Waals surface area contributed by atoms with Crippen molar-refractivity contribution < 1.29 is 14.3 Å². The van der Waals surface area contributed by atoms with Crippen LogP contribution >= 0.6 is 0 Å². The lowest BCUT2D eigenvalue weighted by atomic mass is 9.81. The maximum Gasteiger partial charge on any atom is 0.338 e. The number of hydrogen-bond donors (Lipinski definition) is 0. The van der Waals surface area contributed by atoms with Gasteiger partial charge in [0.1, 0.15) is 6.61 Å². The molecule has 5 rings (SSSR count). The van der Waals surface area contributed by atoms with Crippen molar-refractivity contribution in [3.8, 4) is 0 Å². The molecule has 1 unspecified atom stereocenters. The van der Waals surface area contributed by atoms with Crippen molar-refractivity contribution in [2.24, 2.45) is 0 Å². The molecule has 6 nitrogen and oxygen atoms in total. The molecule has 2 aliphatic heterocycles. The lowest BCUT2D eigenvalue weighted by molar-refractivity contribution is -0.132. The Morgan fingerprint density at radius 3 is 2.81 bits per heavy atom. The Labute approximate surface area is 188 Å². The van der Waals surface area contributed by atoms with E-state index >= 15 is 0 Å². The van der Waals surface area contributed by atoms with Crippen LogP contribution in [0.3, 0.4) is 0 Å². The van der Waals surface area contributed by atoms with E-state index in [0.29, 0.717) is 24.5 Å². The molecule has 2 aromatic rings. The molecular formula is C26H27N3O3. The van der Waals surface area contributed by atoms with Gasteiger partial charge < -0.3 is 9.64 Å². The highest BCUT2D eigenvalue weighted by molar-refractivity contribution is 5.93. The molecule has 1 saturated heterocycles. The molecule has 0 aromatic heterocycles. The predicted molar refractivity (Wildman–Crippen MR) is 121 cm³/mol. The number of carbonyl (C=O) groups is 2. The van der Waals surface area contributed by atoms with E-state index in [1.54, 1.807) is 6.07 Å². The molecule has 0 bridgehead atoms. The molecule has 1 fully saturated rings. The fourth-order valence-corrected chi connectivity index (χ4v) is 5.30. The number of benzene rings is 2. The summed E-state index contributed by atoms with van der Waals surface area (Å²) in [5.74, 6) is 0.332.